The van der Waals surface area contributed by atoms with Crippen molar-refractivity contribution in [1.82, 2.24) is 4.90 Å². The number of rotatable bonds is 3. The number of nitrogen functional groups attached to an aromatic ring is 1. The largest absolute Gasteiger partial charge is 0.465 e. The maximum Gasteiger partial charge on any atom is 0.350 e. The number of nitrogens with two attached hydrogens (primary N) is 1. The van der Waals surface area contributed by atoms with Crippen molar-refractivity contribution in [2.24, 2.45) is 0 Å². The summed E-state index contributed by atoms with van der Waals surface area (Å²) in [6, 6.07) is 0. The van der Waals surface area contributed by atoms with Crippen LogP contribution in [0.4, 0.5) is 10.7 Å². The number of nitrogens with zero attached hydrogens (tertiary/aromatic N) is 2. The Hall–Kier alpha value is -0.920. The predicted molar refractivity (Wildman–Crippen MR) is 81.6 cm³/mol. The van der Waals surface area contributed by atoms with E-state index in [1.54, 1.807) is 11.8 Å². The molecule has 0 aliphatic carbocycles. The first-order valence-corrected chi connectivity index (χ1v) is 8.10. The van der Waals surface area contributed by atoms with Gasteiger partial charge in [0.25, 0.3) is 0 Å². The quantitative estimate of drug-likeness (QED) is 0.676. The highest BCUT2D eigenvalue weighted by molar-refractivity contribution is 7.99. The van der Waals surface area contributed by atoms with Gasteiger partial charge in [-0.25, -0.2) is 4.79 Å². The van der Waals surface area contributed by atoms with E-state index in [2.05, 4.69) is 16.8 Å². The Morgan fingerprint density at radius 3 is 2.53 bits per heavy atom. The van der Waals surface area contributed by atoms with Crippen LogP contribution in [-0.2, 0) is 4.74 Å². The Morgan fingerprint density at radius 2 is 2.00 bits per heavy atom. The molecule has 7 heteroatoms. The summed E-state index contributed by atoms with van der Waals surface area (Å²) < 4.78 is 4.79. The summed E-state index contributed by atoms with van der Waals surface area (Å²) in [6.45, 7) is 3.98. The maximum absolute atomic E-state index is 11.7. The van der Waals surface area contributed by atoms with Gasteiger partial charge in [-0.15, -0.1) is 23.1 Å². The Morgan fingerprint density at radius 1 is 1.37 bits per heavy atom. The number of thioether (sulfide) groups is 1. The number of esters is 1. The molecule has 0 saturated carbocycles. The summed E-state index contributed by atoms with van der Waals surface area (Å²) in [5.74, 6) is -0.349. The Balaban J connectivity index is 2.32. The van der Waals surface area contributed by atoms with E-state index in [0.29, 0.717) is 10.6 Å². The third-order valence-corrected chi connectivity index (χ3v) is 5.44. The van der Waals surface area contributed by atoms with Crippen molar-refractivity contribution >= 4 is 39.8 Å². The van der Waals surface area contributed by atoms with Crippen molar-refractivity contribution in [1.29, 1.82) is 0 Å². The van der Waals surface area contributed by atoms with E-state index in [0.717, 1.165) is 36.1 Å². The molecule has 19 heavy (non-hydrogen) atoms. The van der Waals surface area contributed by atoms with E-state index >= 15 is 0 Å². The molecule has 2 rings (SSSR count). The molecule has 0 bridgehead atoms. The second kappa shape index (κ2) is 6.02. The highest BCUT2D eigenvalue weighted by atomic mass is 32.2. The molecule has 0 spiro atoms. The summed E-state index contributed by atoms with van der Waals surface area (Å²) in [6.07, 6.45) is 1.99. The van der Waals surface area contributed by atoms with Crippen LogP contribution in [0.2, 0.25) is 0 Å². The summed E-state index contributed by atoms with van der Waals surface area (Å²) in [7, 11) is 3.51. The van der Waals surface area contributed by atoms with Crippen LogP contribution >= 0.6 is 23.1 Å². The molecule has 1 aliphatic rings. The van der Waals surface area contributed by atoms with Gasteiger partial charge in [0.15, 0.2) is 0 Å². The fourth-order valence-corrected chi connectivity index (χ4v) is 4.23. The third-order valence-electron chi connectivity index (χ3n) is 3.25. The number of hydrogen-bond donors (Lipinski definition) is 1. The van der Waals surface area contributed by atoms with Crippen LogP contribution in [0, 0.1) is 0 Å². The van der Waals surface area contributed by atoms with E-state index in [4.69, 9.17) is 10.5 Å². The summed E-state index contributed by atoms with van der Waals surface area (Å²) >= 11 is 3.03. The number of carbonyl (C=O) groups excluding carboxylic acids is 1. The number of carbonyl (C=O) groups is 1. The monoisotopic (exact) mass is 301 g/mol. The van der Waals surface area contributed by atoms with Crippen LogP contribution in [0.3, 0.4) is 0 Å². The zero-order valence-corrected chi connectivity index (χ0v) is 13.1. The average molecular weight is 301 g/mol. The number of likely N-dealkylation sites (N-methyl/N-ethyl adjacent to an activating group) is 1. The highest BCUT2D eigenvalue weighted by Crippen LogP contribution is 2.44. The first-order chi connectivity index (χ1) is 9.08. The first-order valence-electron chi connectivity index (χ1n) is 6.06. The zero-order chi connectivity index (χ0) is 14.0. The van der Waals surface area contributed by atoms with Crippen molar-refractivity contribution in [2.75, 3.05) is 57.2 Å². The number of thiophene rings is 1. The van der Waals surface area contributed by atoms with Gasteiger partial charge in [-0.05, 0) is 13.3 Å². The lowest BCUT2D eigenvalue weighted by molar-refractivity contribution is 0.0607. The van der Waals surface area contributed by atoms with E-state index in [-0.39, 0.29) is 5.97 Å². The molecule has 1 aliphatic heterocycles. The van der Waals surface area contributed by atoms with Gasteiger partial charge in [-0.2, -0.15) is 0 Å². The number of methoxy groups -OCH3 is 1. The molecule has 1 aromatic rings. The van der Waals surface area contributed by atoms with E-state index < -0.39 is 0 Å². The lowest BCUT2D eigenvalue weighted by Crippen LogP contribution is -2.44. The van der Waals surface area contributed by atoms with Crippen LogP contribution < -0.4 is 10.6 Å². The lowest BCUT2D eigenvalue weighted by Gasteiger charge is -2.33. The van der Waals surface area contributed by atoms with Gasteiger partial charge in [0.2, 0.25) is 0 Å². The zero-order valence-electron chi connectivity index (χ0n) is 11.4. The van der Waals surface area contributed by atoms with Crippen LogP contribution in [0.1, 0.15) is 9.67 Å². The van der Waals surface area contributed by atoms with Gasteiger partial charge in [-0.1, -0.05) is 0 Å². The minimum Gasteiger partial charge on any atom is -0.465 e. The molecule has 1 aromatic heterocycles. The van der Waals surface area contributed by atoms with E-state index in [1.807, 2.05) is 6.26 Å². The van der Waals surface area contributed by atoms with Crippen LogP contribution in [0.15, 0.2) is 4.90 Å². The van der Waals surface area contributed by atoms with Gasteiger partial charge in [0.1, 0.15) is 9.88 Å². The first kappa shape index (κ1) is 14.5. The molecule has 2 N–H and O–H groups in total. The Kier molecular flexibility index (Phi) is 4.59. The number of piperazine rings is 1. The molecule has 106 valence electrons. The average Bonchev–Trinajstić information content (AvgIpc) is 2.75. The SMILES string of the molecule is COC(=O)c1sc(N2CCN(C)CC2)c(SC)c1N. The molecular weight excluding hydrogens is 282 g/mol. The van der Waals surface area contributed by atoms with Crippen molar-refractivity contribution in [3.05, 3.63) is 4.88 Å². The van der Waals surface area contributed by atoms with Gasteiger partial charge in [0, 0.05) is 26.2 Å². The number of anilines is 2. The minimum absolute atomic E-state index is 0.349. The standard InChI is InChI=1S/C12H19N3O2S2/c1-14-4-6-15(7-5-14)11-9(18-3)8(13)10(19-11)12(16)17-2/h4-7,13H2,1-3H3. The molecular formula is C12H19N3O2S2. The molecule has 0 unspecified atom stereocenters. The second-order valence-electron chi connectivity index (χ2n) is 4.47. The number of ether oxygens (including phenoxy) is 1. The molecule has 0 radical (unpaired) electrons. The normalized spacial score (nSPS) is 16.7. The highest BCUT2D eigenvalue weighted by Gasteiger charge is 2.25. The van der Waals surface area contributed by atoms with Crippen LogP contribution in [0.5, 0.6) is 0 Å². The summed E-state index contributed by atoms with van der Waals surface area (Å²) in [5, 5.41) is 1.10. The van der Waals surface area contributed by atoms with Gasteiger partial charge >= 0.3 is 5.97 Å². The molecule has 0 aromatic carbocycles. The molecule has 2 heterocycles. The summed E-state index contributed by atoms with van der Waals surface area (Å²) in [4.78, 5) is 17.8. The molecule has 1 saturated heterocycles. The van der Waals surface area contributed by atoms with E-state index in [1.165, 1.54) is 18.4 Å². The molecule has 5 nitrogen and oxygen atoms in total. The van der Waals surface area contributed by atoms with Crippen molar-refractivity contribution in [3.63, 3.8) is 0 Å². The lowest BCUT2D eigenvalue weighted by atomic mass is 10.3. The number of hydrogen-bond acceptors (Lipinski definition) is 7. The Bertz CT molecular complexity index is 468. The van der Waals surface area contributed by atoms with Gasteiger partial charge in [0.05, 0.1) is 17.7 Å². The van der Waals surface area contributed by atoms with Crippen LogP contribution in [0.25, 0.3) is 0 Å². The fraction of sp³-hybridized carbons (Fsp3) is 0.583. The third kappa shape index (κ3) is 2.82. The molecule has 0 amide bonds. The Labute approximate surface area is 121 Å². The predicted octanol–water partition coefficient (Wildman–Crippen LogP) is 1.59. The van der Waals surface area contributed by atoms with Crippen molar-refractivity contribution < 1.29 is 9.53 Å². The van der Waals surface area contributed by atoms with Crippen LogP contribution in [-0.4, -0.2) is 57.5 Å². The fourth-order valence-electron chi connectivity index (χ4n) is 2.08. The topological polar surface area (TPSA) is 58.8 Å². The van der Waals surface area contributed by atoms with Crippen molar-refractivity contribution in [3.8, 4) is 0 Å². The smallest absolute Gasteiger partial charge is 0.350 e. The van der Waals surface area contributed by atoms with Gasteiger partial charge in [-0.3, -0.25) is 0 Å². The van der Waals surface area contributed by atoms with E-state index in [9.17, 15) is 4.79 Å². The second-order valence-corrected chi connectivity index (χ2v) is 6.28. The maximum atomic E-state index is 11.7. The van der Waals surface area contributed by atoms with Crippen molar-refractivity contribution in [2.45, 2.75) is 4.90 Å². The van der Waals surface area contributed by atoms with Gasteiger partial charge < -0.3 is 20.3 Å². The molecule has 1 fully saturated rings. The minimum atomic E-state index is -0.349. The summed E-state index contributed by atoms with van der Waals surface area (Å²) in [5.41, 5.74) is 6.63. The molecule has 0 atom stereocenters.